The van der Waals surface area contributed by atoms with Gasteiger partial charge in [0.1, 0.15) is 0 Å². The van der Waals surface area contributed by atoms with Gasteiger partial charge in [0.05, 0.1) is 10.9 Å². The van der Waals surface area contributed by atoms with Gasteiger partial charge in [-0.3, -0.25) is 4.79 Å². The first-order chi connectivity index (χ1) is 8.15. The van der Waals surface area contributed by atoms with Crippen molar-refractivity contribution in [1.82, 2.24) is 0 Å². The van der Waals surface area contributed by atoms with Crippen LogP contribution in [0, 0.1) is 11.8 Å². The third-order valence-corrected chi connectivity index (χ3v) is 4.98. The second kappa shape index (κ2) is 5.87. The molecular weight excluding hydrogens is 302 g/mol. The molecule has 0 atom stereocenters. The molecule has 2 N–H and O–H groups in total. The summed E-state index contributed by atoms with van der Waals surface area (Å²) in [7, 11) is 0. The number of nitrogens with one attached hydrogen (secondary N) is 1. The molecule has 5 heteroatoms. The first-order valence-corrected chi connectivity index (χ1v) is 7.53. The minimum Gasteiger partial charge on any atom is -0.481 e. The highest BCUT2D eigenvalue weighted by Crippen LogP contribution is 2.30. The van der Waals surface area contributed by atoms with Crippen LogP contribution in [-0.2, 0) is 4.79 Å². The normalized spacial score (nSPS) is 24.5. The van der Waals surface area contributed by atoms with E-state index in [4.69, 9.17) is 5.11 Å². The van der Waals surface area contributed by atoms with Crippen molar-refractivity contribution < 1.29 is 9.90 Å². The molecule has 94 valence electrons. The van der Waals surface area contributed by atoms with Crippen LogP contribution in [0.25, 0.3) is 0 Å². The highest BCUT2D eigenvalue weighted by molar-refractivity contribution is 9.10. The van der Waals surface area contributed by atoms with Crippen molar-refractivity contribution in [3.8, 4) is 0 Å². The van der Waals surface area contributed by atoms with Crippen molar-refractivity contribution in [1.29, 1.82) is 0 Å². The van der Waals surface area contributed by atoms with Gasteiger partial charge in [-0.05, 0) is 53.6 Å². The standard InChI is InChI=1S/C12H16BrNO2S/c13-10-5-11(17-7-10)14-6-8-1-3-9(4-2-8)12(15)16/h5,7-9,14H,1-4,6H2,(H,15,16). The number of thiophene rings is 1. The number of rotatable bonds is 4. The summed E-state index contributed by atoms with van der Waals surface area (Å²) >= 11 is 5.12. The SMILES string of the molecule is O=C(O)C1CCC(CNc2cc(Br)cs2)CC1. The molecule has 0 unspecified atom stereocenters. The summed E-state index contributed by atoms with van der Waals surface area (Å²) in [6.07, 6.45) is 3.71. The lowest BCUT2D eigenvalue weighted by atomic mass is 9.82. The number of aliphatic carboxylic acids is 1. The molecule has 1 aromatic rings. The molecular formula is C12H16BrNO2S. The number of anilines is 1. The lowest BCUT2D eigenvalue weighted by Gasteiger charge is -2.26. The van der Waals surface area contributed by atoms with E-state index in [-0.39, 0.29) is 5.92 Å². The summed E-state index contributed by atoms with van der Waals surface area (Å²) in [5.74, 6) is -0.118. The van der Waals surface area contributed by atoms with Crippen molar-refractivity contribution in [2.75, 3.05) is 11.9 Å². The number of carboxylic acid groups (broad SMARTS) is 1. The fourth-order valence-corrected chi connectivity index (χ4v) is 3.59. The Morgan fingerprint density at radius 1 is 1.47 bits per heavy atom. The summed E-state index contributed by atoms with van der Waals surface area (Å²) < 4.78 is 1.11. The first kappa shape index (κ1) is 12.9. The summed E-state index contributed by atoms with van der Waals surface area (Å²) in [5.41, 5.74) is 0. The summed E-state index contributed by atoms with van der Waals surface area (Å²) in [5, 5.41) is 15.6. The van der Waals surface area contributed by atoms with E-state index in [1.165, 1.54) is 5.00 Å². The van der Waals surface area contributed by atoms with Gasteiger partial charge in [-0.25, -0.2) is 0 Å². The Balaban J connectivity index is 1.73. The average molecular weight is 318 g/mol. The van der Waals surface area contributed by atoms with Crippen molar-refractivity contribution in [3.63, 3.8) is 0 Å². The van der Waals surface area contributed by atoms with E-state index in [0.29, 0.717) is 5.92 Å². The van der Waals surface area contributed by atoms with Crippen LogP contribution < -0.4 is 5.32 Å². The largest absolute Gasteiger partial charge is 0.481 e. The molecule has 0 amide bonds. The Bertz CT molecular complexity index is 386. The molecule has 0 aliphatic heterocycles. The summed E-state index contributed by atoms with van der Waals surface area (Å²) in [4.78, 5) is 10.8. The molecule has 0 bridgehead atoms. The van der Waals surface area contributed by atoms with Crippen LogP contribution in [0.2, 0.25) is 0 Å². The number of halogens is 1. The maximum Gasteiger partial charge on any atom is 0.306 e. The maximum absolute atomic E-state index is 10.8. The fraction of sp³-hybridized carbons (Fsp3) is 0.583. The quantitative estimate of drug-likeness (QED) is 0.887. The maximum atomic E-state index is 10.8. The molecule has 17 heavy (non-hydrogen) atoms. The van der Waals surface area contributed by atoms with Gasteiger partial charge in [-0.1, -0.05) is 0 Å². The van der Waals surface area contributed by atoms with Gasteiger partial charge in [-0.2, -0.15) is 0 Å². The molecule has 1 heterocycles. The fourth-order valence-electron chi connectivity index (χ4n) is 2.26. The third-order valence-electron chi connectivity index (χ3n) is 3.33. The van der Waals surface area contributed by atoms with Crippen LogP contribution in [0.5, 0.6) is 0 Å². The number of hydrogen-bond acceptors (Lipinski definition) is 3. The topological polar surface area (TPSA) is 49.3 Å². The second-order valence-corrected chi connectivity index (χ2v) is 6.39. The van der Waals surface area contributed by atoms with Crippen LogP contribution in [0.1, 0.15) is 25.7 Å². The van der Waals surface area contributed by atoms with Gasteiger partial charge in [0.25, 0.3) is 0 Å². The Kier molecular flexibility index (Phi) is 4.45. The predicted molar refractivity (Wildman–Crippen MR) is 73.6 cm³/mol. The monoisotopic (exact) mass is 317 g/mol. The minimum absolute atomic E-state index is 0.109. The Morgan fingerprint density at radius 2 is 2.18 bits per heavy atom. The predicted octanol–water partition coefficient (Wildman–Crippen LogP) is 3.81. The minimum atomic E-state index is -0.626. The zero-order valence-electron chi connectivity index (χ0n) is 9.49. The van der Waals surface area contributed by atoms with E-state index in [1.807, 2.05) is 0 Å². The molecule has 0 aromatic carbocycles. The molecule has 1 aromatic heterocycles. The second-order valence-electron chi connectivity index (χ2n) is 4.57. The third kappa shape index (κ3) is 3.71. The molecule has 1 aliphatic rings. The van der Waals surface area contributed by atoms with E-state index in [1.54, 1.807) is 11.3 Å². The lowest BCUT2D eigenvalue weighted by Crippen LogP contribution is -2.25. The van der Waals surface area contributed by atoms with Crippen molar-refractivity contribution in [3.05, 3.63) is 15.9 Å². The zero-order valence-corrected chi connectivity index (χ0v) is 11.9. The first-order valence-electron chi connectivity index (χ1n) is 5.86. The molecule has 1 fully saturated rings. The van der Waals surface area contributed by atoms with Crippen LogP contribution >= 0.6 is 27.3 Å². The molecule has 3 nitrogen and oxygen atoms in total. The van der Waals surface area contributed by atoms with E-state index < -0.39 is 5.97 Å². The van der Waals surface area contributed by atoms with Gasteiger partial charge in [0.2, 0.25) is 0 Å². The highest BCUT2D eigenvalue weighted by Gasteiger charge is 2.25. The van der Waals surface area contributed by atoms with Crippen molar-refractivity contribution in [2.45, 2.75) is 25.7 Å². The number of carbonyl (C=O) groups is 1. The molecule has 2 rings (SSSR count). The van der Waals surface area contributed by atoms with Crippen molar-refractivity contribution >= 4 is 38.2 Å². The Morgan fingerprint density at radius 3 is 2.71 bits per heavy atom. The van der Waals surface area contributed by atoms with Crippen LogP contribution in [0.4, 0.5) is 5.00 Å². The van der Waals surface area contributed by atoms with Gasteiger partial charge >= 0.3 is 5.97 Å². The molecule has 1 saturated carbocycles. The van der Waals surface area contributed by atoms with Gasteiger partial charge in [-0.15, -0.1) is 11.3 Å². The van der Waals surface area contributed by atoms with Gasteiger partial charge in [0, 0.05) is 16.4 Å². The number of carboxylic acids is 1. The van der Waals surface area contributed by atoms with Crippen molar-refractivity contribution in [2.24, 2.45) is 11.8 Å². The molecule has 0 saturated heterocycles. The van der Waals surface area contributed by atoms with E-state index in [2.05, 4.69) is 32.7 Å². The van der Waals surface area contributed by atoms with Crippen LogP contribution in [0.15, 0.2) is 15.9 Å². The molecule has 0 spiro atoms. The van der Waals surface area contributed by atoms with Gasteiger partial charge in [0.15, 0.2) is 0 Å². The highest BCUT2D eigenvalue weighted by atomic mass is 79.9. The van der Waals surface area contributed by atoms with E-state index in [0.717, 1.165) is 36.7 Å². The lowest BCUT2D eigenvalue weighted by molar-refractivity contribution is -0.143. The van der Waals surface area contributed by atoms with Gasteiger partial charge < -0.3 is 10.4 Å². The Hall–Kier alpha value is -0.550. The zero-order chi connectivity index (χ0) is 12.3. The summed E-state index contributed by atoms with van der Waals surface area (Å²) in [6.45, 7) is 0.958. The Labute approximate surface area is 113 Å². The molecule has 1 aliphatic carbocycles. The van der Waals surface area contributed by atoms with Crippen LogP contribution in [-0.4, -0.2) is 17.6 Å². The number of hydrogen-bond donors (Lipinski definition) is 2. The van der Waals surface area contributed by atoms with Crippen LogP contribution in [0.3, 0.4) is 0 Å². The van der Waals surface area contributed by atoms with E-state index >= 15 is 0 Å². The average Bonchev–Trinajstić information content (AvgIpc) is 2.73. The summed E-state index contributed by atoms with van der Waals surface area (Å²) in [6, 6.07) is 2.08. The molecule has 0 radical (unpaired) electrons. The van der Waals surface area contributed by atoms with E-state index in [9.17, 15) is 4.79 Å². The smallest absolute Gasteiger partial charge is 0.306 e.